The number of fused-ring (bicyclic) bond motifs is 1. The van der Waals surface area contributed by atoms with E-state index in [4.69, 9.17) is 4.98 Å². The van der Waals surface area contributed by atoms with Gasteiger partial charge in [0.15, 0.2) is 11.0 Å². The van der Waals surface area contributed by atoms with Gasteiger partial charge in [-0.25, -0.2) is 19.7 Å². The van der Waals surface area contributed by atoms with Gasteiger partial charge in [-0.05, 0) is 18.4 Å². The molecule has 0 saturated heterocycles. The predicted octanol–water partition coefficient (Wildman–Crippen LogP) is 4.23. The monoisotopic (exact) mass is 348 g/mol. The lowest BCUT2D eigenvalue weighted by Gasteiger charge is -2.30. The number of rotatable bonds is 3. The van der Waals surface area contributed by atoms with E-state index in [1.807, 2.05) is 66.9 Å². The highest BCUT2D eigenvalue weighted by atomic mass is 32.2. The van der Waals surface area contributed by atoms with Crippen LogP contribution in [0.1, 0.15) is 5.56 Å². The third-order valence-corrected chi connectivity index (χ3v) is 4.59. The molecule has 2 heterocycles. The first-order valence-corrected chi connectivity index (χ1v) is 9.13. The maximum absolute atomic E-state index is 12.6. The molecule has 6 heteroatoms. The Kier molecular flexibility index (Phi) is 4.11. The number of carbonyl (C=O) groups is 1. The SMILES string of the molecule is CSc1nc(-c2ccccc2)c2c(n1)N(c1ccccc1)C(=O)NC2. The van der Waals surface area contributed by atoms with Crippen molar-refractivity contribution in [2.75, 3.05) is 11.2 Å². The van der Waals surface area contributed by atoms with Crippen molar-refractivity contribution in [1.29, 1.82) is 0 Å². The first kappa shape index (κ1) is 15.7. The summed E-state index contributed by atoms with van der Waals surface area (Å²) in [5, 5.41) is 3.58. The number of nitrogens with zero attached hydrogens (tertiary/aromatic N) is 3. The summed E-state index contributed by atoms with van der Waals surface area (Å²) in [7, 11) is 0. The van der Waals surface area contributed by atoms with Crippen LogP contribution in [-0.2, 0) is 6.54 Å². The summed E-state index contributed by atoms with van der Waals surface area (Å²) in [6.07, 6.45) is 1.94. The molecule has 0 bridgehead atoms. The fourth-order valence-corrected chi connectivity index (χ4v) is 3.24. The van der Waals surface area contributed by atoms with Gasteiger partial charge in [0, 0.05) is 11.1 Å². The van der Waals surface area contributed by atoms with Gasteiger partial charge in [0.25, 0.3) is 0 Å². The van der Waals surface area contributed by atoms with Gasteiger partial charge in [-0.1, -0.05) is 60.3 Å². The average molecular weight is 348 g/mol. The fourth-order valence-electron chi connectivity index (χ4n) is 2.88. The van der Waals surface area contributed by atoms with Crippen molar-refractivity contribution < 1.29 is 4.79 Å². The molecule has 1 aromatic heterocycles. The van der Waals surface area contributed by atoms with Gasteiger partial charge in [0.1, 0.15) is 0 Å². The van der Waals surface area contributed by atoms with E-state index in [0.717, 1.165) is 22.5 Å². The van der Waals surface area contributed by atoms with E-state index in [2.05, 4.69) is 10.3 Å². The second kappa shape index (κ2) is 6.57. The zero-order valence-corrected chi connectivity index (χ0v) is 14.5. The number of carbonyl (C=O) groups excluding carboxylic acids is 1. The van der Waals surface area contributed by atoms with Gasteiger partial charge in [0.05, 0.1) is 17.9 Å². The van der Waals surface area contributed by atoms with Crippen LogP contribution in [0.15, 0.2) is 65.8 Å². The summed E-state index contributed by atoms with van der Waals surface area (Å²) in [5.74, 6) is 0.646. The number of urea groups is 1. The number of para-hydroxylation sites is 1. The summed E-state index contributed by atoms with van der Waals surface area (Å²) in [5.41, 5.74) is 3.58. The lowest BCUT2D eigenvalue weighted by atomic mass is 10.0. The van der Waals surface area contributed by atoms with Crippen LogP contribution >= 0.6 is 11.8 Å². The van der Waals surface area contributed by atoms with E-state index < -0.39 is 0 Å². The molecule has 4 rings (SSSR count). The maximum Gasteiger partial charge on any atom is 0.327 e. The number of hydrogen-bond acceptors (Lipinski definition) is 4. The molecule has 0 atom stereocenters. The second-order valence-electron chi connectivity index (χ2n) is 5.56. The van der Waals surface area contributed by atoms with E-state index in [-0.39, 0.29) is 6.03 Å². The molecule has 3 aromatic rings. The molecule has 0 unspecified atom stereocenters. The van der Waals surface area contributed by atoms with Crippen LogP contribution in [-0.4, -0.2) is 22.3 Å². The zero-order chi connectivity index (χ0) is 17.2. The third kappa shape index (κ3) is 2.85. The summed E-state index contributed by atoms with van der Waals surface area (Å²) in [6, 6.07) is 19.4. The summed E-state index contributed by atoms with van der Waals surface area (Å²) < 4.78 is 0. The summed E-state index contributed by atoms with van der Waals surface area (Å²) in [4.78, 5) is 23.5. The van der Waals surface area contributed by atoms with Crippen molar-refractivity contribution in [2.45, 2.75) is 11.7 Å². The molecule has 25 heavy (non-hydrogen) atoms. The van der Waals surface area contributed by atoms with Crippen molar-refractivity contribution in [1.82, 2.24) is 15.3 Å². The van der Waals surface area contributed by atoms with Crippen molar-refractivity contribution in [3.63, 3.8) is 0 Å². The quantitative estimate of drug-likeness (QED) is 0.568. The topological polar surface area (TPSA) is 58.1 Å². The largest absolute Gasteiger partial charge is 0.333 e. The van der Waals surface area contributed by atoms with Crippen LogP contribution in [0.2, 0.25) is 0 Å². The average Bonchev–Trinajstić information content (AvgIpc) is 2.68. The Morgan fingerprint density at radius 1 is 1.00 bits per heavy atom. The predicted molar refractivity (Wildman–Crippen MR) is 100 cm³/mol. The van der Waals surface area contributed by atoms with Crippen LogP contribution in [0.3, 0.4) is 0 Å². The molecule has 1 N–H and O–H groups in total. The van der Waals surface area contributed by atoms with Crippen LogP contribution in [0, 0.1) is 0 Å². The van der Waals surface area contributed by atoms with E-state index in [9.17, 15) is 4.79 Å². The van der Waals surface area contributed by atoms with Crippen molar-refractivity contribution in [2.24, 2.45) is 0 Å². The smallest absolute Gasteiger partial charge is 0.327 e. The normalized spacial score (nSPS) is 13.3. The summed E-state index contributed by atoms with van der Waals surface area (Å²) >= 11 is 1.47. The number of amides is 2. The molecule has 0 saturated carbocycles. The molecular weight excluding hydrogens is 332 g/mol. The number of hydrogen-bond donors (Lipinski definition) is 1. The van der Waals surface area contributed by atoms with Crippen LogP contribution < -0.4 is 10.2 Å². The highest BCUT2D eigenvalue weighted by Crippen LogP contribution is 2.36. The molecule has 124 valence electrons. The van der Waals surface area contributed by atoms with E-state index in [1.165, 1.54) is 11.8 Å². The molecule has 1 aliphatic heterocycles. The number of nitrogens with one attached hydrogen (secondary N) is 1. The van der Waals surface area contributed by atoms with Crippen LogP contribution in [0.4, 0.5) is 16.3 Å². The van der Waals surface area contributed by atoms with E-state index in [0.29, 0.717) is 17.5 Å². The molecular formula is C19H16N4OS. The standard InChI is InChI=1S/C19H16N4OS/c1-25-18-21-16(13-8-4-2-5-9-13)15-12-20-19(24)23(17(15)22-18)14-10-6-3-7-11-14/h2-11H,12H2,1H3,(H,20,24). The first-order chi connectivity index (χ1) is 12.3. The fraction of sp³-hybridized carbons (Fsp3) is 0.105. The van der Waals surface area contributed by atoms with Gasteiger partial charge in [-0.15, -0.1) is 0 Å². The summed E-state index contributed by atoms with van der Waals surface area (Å²) in [6.45, 7) is 0.413. The molecule has 0 spiro atoms. The number of aromatic nitrogens is 2. The van der Waals surface area contributed by atoms with Gasteiger partial charge >= 0.3 is 6.03 Å². The second-order valence-corrected chi connectivity index (χ2v) is 6.33. The van der Waals surface area contributed by atoms with Crippen LogP contribution in [0.25, 0.3) is 11.3 Å². The number of benzene rings is 2. The minimum Gasteiger partial charge on any atom is -0.333 e. The van der Waals surface area contributed by atoms with Crippen molar-refractivity contribution in [3.8, 4) is 11.3 Å². The Hall–Kier alpha value is -2.86. The van der Waals surface area contributed by atoms with E-state index >= 15 is 0 Å². The Morgan fingerprint density at radius 3 is 2.36 bits per heavy atom. The zero-order valence-electron chi connectivity index (χ0n) is 13.6. The minimum absolute atomic E-state index is 0.177. The van der Waals surface area contributed by atoms with Crippen molar-refractivity contribution in [3.05, 3.63) is 66.2 Å². The molecule has 1 aliphatic rings. The minimum atomic E-state index is -0.177. The van der Waals surface area contributed by atoms with Crippen molar-refractivity contribution >= 4 is 29.3 Å². The Balaban J connectivity index is 1.94. The van der Waals surface area contributed by atoms with Gasteiger partial charge in [0.2, 0.25) is 0 Å². The molecule has 0 radical (unpaired) electrons. The highest BCUT2D eigenvalue weighted by Gasteiger charge is 2.30. The number of anilines is 2. The van der Waals surface area contributed by atoms with Crippen LogP contribution in [0.5, 0.6) is 0 Å². The Labute approximate surface area is 150 Å². The number of thioether (sulfide) groups is 1. The lowest BCUT2D eigenvalue weighted by molar-refractivity contribution is 0.246. The Morgan fingerprint density at radius 2 is 1.68 bits per heavy atom. The maximum atomic E-state index is 12.6. The van der Waals surface area contributed by atoms with E-state index in [1.54, 1.807) is 4.90 Å². The molecule has 0 aliphatic carbocycles. The van der Waals surface area contributed by atoms with Gasteiger partial charge in [-0.3, -0.25) is 0 Å². The lowest BCUT2D eigenvalue weighted by Crippen LogP contribution is -2.42. The van der Waals surface area contributed by atoms with Gasteiger partial charge in [-0.2, -0.15) is 0 Å². The van der Waals surface area contributed by atoms with Gasteiger partial charge < -0.3 is 5.32 Å². The molecule has 5 nitrogen and oxygen atoms in total. The molecule has 2 aromatic carbocycles. The Bertz CT molecular complexity index is 915. The third-order valence-electron chi connectivity index (χ3n) is 4.04. The highest BCUT2D eigenvalue weighted by molar-refractivity contribution is 7.98. The molecule has 2 amide bonds. The molecule has 0 fully saturated rings. The first-order valence-electron chi connectivity index (χ1n) is 7.91.